The van der Waals surface area contributed by atoms with Gasteiger partial charge in [0.1, 0.15) is 17.4 Å². The molecular formula is C28H28N2O2S. The van der Waals surface area contributed by atoms with Gasteiger partial charge in [0, 0.05) is 21.9 Å². The Bertz CT molecular complexity index is 1210. The molecule has 0 aliphatic rings. The highest BCUT2D eigenvalue weighted by Crippen LogP contribution is 2.30. The summed E-state index contributed by atoms with van der Waals surface area (Å²) < 4.78 is 5.52. The molecule has 0 aliphatic carbocycles. The molecule has 0 aliphatic heterocycles. The molecule has 5 heteroatoms. The molecule has 3 aromatic carbocycles. The number of rotatable bonds is 7. The van der Waals surface area contributed by atoms with Crippen molar-refractivity contribution in [2.75, 3.05) is 12.4 Å². The van der Waals surface area contributed by atoms with Crippen LogP contribution in [0.3, 0.4) is 0 Å². The quantitative estimate of drug-likeness (QED) is 0.242. The van der Waals surface area contributed by atoms with Crippen LogP contribution in [0.4, 0.5) is 5.69 Å². The van der Waals surface area contributed by atoms with Crippen molar-refractivity contribution in [1.82, 2.24) is 0 Å². The predicted octanol–water partition coefficient (Wildman–Crippen LogP) is 6.77. The number of aryl methyl sites for hydroxylation is 4. The van der Waals surface area contributed by atoms with Crippen LogP contribution < -0.4 is 10.1 Å². The smallest absolute Gasteiger partial charge is 0.266 e. The molecule has 0 saturated carbocycles. The normalized spacial score (nSPS) is 11.1. The highest BCUT2D eigenvalue weighted by atomic mass is 32.2. The highest BCUT2D eigenvalue weighted by molar-refractivity contribution is 7.98. The third kappa shape index (κ3) is 6.27. The van der Waals surface area contributed by atoms with Crippen molar-refractivity contribution < 1.29 is 9.53 Å². The lowest BCUT2D eigenvalue weighted by Gasteiger charge is -2.13. The number of nitriles is 1. The third-order valence-corrected chi connectivity index (χ3v) is 6.37. The predicted molar refractivity (Wildman–Crippen MR) is 137 cm³/mol. The van der Waals surface area contributed by atoms with Crippen LogP contribution in [-0.4, -0.2) is 13.0 Å². The molecular weight excluding hydrogens is 428 g/mol. The Morgan fingerprint density at radius 2 is 1.67 bits per heavy atom. The van der Waals surface area contributed by atoms with E-state index in [1.54, 1.807) is 24.9 Å². The summed E-state index contributed by atoms with van der Waals surface area (Å²) in [4.78, 5) is 14.0. The number of nitrogens with one attached hydrogen (secondary N) is 1. The SMILES string of the molecule is COc1ccc(/C=C(\C#N)C(=O)Nc2c(C)cc(C)cc2C)cc1CSc1ccc(C)cc1. The Morgan fingerprint density at radius 3 is 2.27 bits per heavy atom. The Labute approximate surface area is 200 Å². The van der Waals surface area contributed by atoms with Gasteiger partial charge in [-0.1, -0.05) is 41.5 Å². The number of hydrogen-bond donors (Lipinski definition) is 1. The van der Waals surface area contributed by atoms with Gasteiger partial charge in [0.2, 0.25) is 0 Å². The van der Waals surface area contributed by atoms with Crippen LogP contribution in [-0.2, 0) is 10.5 Å². The number of thioether (sulfide) groups is 1. The van der Waals surface area contributed by atoms with E-state index in [9.17, 15) is 10.1 Å². The van der Waals surface area contributed by atoms with Gasteiger partial charge in [-0.15, -0.1) is 11.8 Å². The number of carbonyl (C=O) groups excluding carboxylic acids is 1. The van der Waals surface area contributed by atoms with Crippen LogP contribution in [0.25, 0.3) is 6.08 Å². The number of carbonyl (C=O) groups is 1. The van der Waals surface area contributed by atoms with Crippen molar-refractivity contribution in [2.45, 2.75) is 38.3 Å². The van der Waals surface area contributed by atoms with Gasteiger partial charge in [-0.2, -0.15) is 5.26 Å². The Kier molecular flexibility index (Phi) is 7.97. The van der Waals surface area contributed by atoms with Gasteiger partial charge in [0.15, 0.2) is 0 Å². The maximum Gasteiger partial charge on any atom is 0.266 e. The van der Waals surface area contributed by atoms with Gasteiger partial charge < -0.3 is 10.1 Å². The van der Waals surface area contributed by atoms with E-state index in [4.69, 9.17) is 4.74 Å². The topological polar surface area (TPSA) is 62.1 Å². The number of hydrogen-bond acceptors (Lipinski definition) is 4. The summed E-state index contributed by atoms with van der Waals surface area (Å²) >= 11 is 1.71. The second kappa shape index (κ2) is 10.9. The zero-order chi connectivity index (χ0) is 24.0. The van der Waals surface area contributed by atoms with E-state index in [0.29, 0.717) is 5.75 Å². The van der Waals surface area contributed by atoms with E-state index in [1.165, 1.54) is 10.5 Å². The number of ether oxygens (including phenoxy) is 1. The summed E-state index contributed by atoms with van der Waals surface area (Å²) in [5.74, 6) is 1.07. The van der Waals surface area contributed by atoms with E-state index in [-0.39, 0.29) is 5.57 Å². The van der Waals surface area contributed by atoms with Gasteiger partial charge in [-0.25, -0.2) is 0 Å². The van der Waals surface area contributed by atoms with Crippen molar-refractivity contribution in [3.05, 3.63) is 93.6 Å². The van der Waals surface area contributed by atoms with E-state index < -0.39 is 5.91 Å². The molecule has 168 valence electrons. The molecule has 3 rings (SSSR count). The summed E-state index contributed by atoms with van der Waals surface area (Å²) in [7, 11) is 1.64. The maximum absolute atomic E-state index is 12.9. The van der Waals surface area contributed by atoms with Gasteiger partial charge in [0.05, 0.1) is 7.11 Å². The minimum Gasteiger partial charge on any atom is -0.496 e. The standard InChI is InChI=1S/C28H28N2O2S/c1-18-6-9-25(10-7-18)33-17-24-15-22(8-11-26(24)32-5)14-23(16-29)28(31)30-27-20(3)12-19(2)13-21(27)4/h6-15H,17H2,1-5H3,(H,30,31)/b23-14+. The molecule has 1 amide bonds. The number of benzene rings is 3. The van der Waals surface area contributed by atoms with E-state index in [1.807, 2.05) is 57.2 Å². The maximum atomic E-state index is 12.9. The molecule has 0 unspecified atom stereocenters. The molecule has 0 bridgehead atoms. The molecule has 0 spiro atoms. The first-order valence-electron chi connectivity index (χ1n) is 10.7. The fraction of sp³-hybridized carbons (Fsp3) is 0.214. The van der Waals surface area contributed by atoms with Crippen molar-refractivity contribution in [2.24, 2.45) is 0 Å². The lowest BCUT2D eigenvalue weighted by molar-refractivity contribution is -0.112. The van der Waals surface area contributed by atoms with Gasteiger partial charge >= 0.3 is 0 Å². The van der Waals surface area contributed by atoms with Crippen LogP contribution in [0.5, 0.6) is 5.75 Å². The number of anilines is 1. The Hall–Kier alpha value is -3.49. The molecule has 33 heavy (non-hydrogen) atoms. The number of amides is 1. The van der Waals surface area contributed by atoms with Crippen molar-refractivity contribution >= 4 is 29.4 Å². The largest absolute Gasteiger partial charge is 0.496 e. The van der Waals surface area contributed by atoms with Crippen LogP contribution >= 0.6 is 11.8 Å². The third-order valence-electron chi connectivity index (χ3n) is 5.31. The van der Waals surface area contributed by atoms with Crippen molar-refractivity contribution in [3.8, 4) is 11.8 Å². The Morgan fingerprint density at radius 1 is 1.00 bits per heavy atom. The fourth-order valence-electron chi connectivity index (χ4n) is 3.67. The van der Waals surface area contributed by atoms with Gasteiger partial charge in [-0.05, 0) is 74.7 Å². The minimum atomic E-state index is -0.418. The monoisotopic (exact) mass is 456 g/mol. The first kappa shape index (κ1) is 24.2. The van der Waals surface area contributed by atoms with Crippen molar-refractivity contribution in [1.29, 1.82) is 5.26 Å². The first-order valence-corrected chi connectivity index (χ1v) is 11.7. The number of methoxy groups -OCH3 is 1. The lowest BCUT2D eigenvalue weighted by atomic mass is 10.0. The average Bonchev–Trinajstić information content (AvgIpc) is 2.79. The average molecular weight is 457 g/mol. The summed E-state index contributed by atoms with van der Waals surface area (Å²) in [5, 5.41) is 12.6. The molecule has 0 fully saturated rings. The fourth-order valence-corrected chi connectivity index (χ4v) is 4.55. The zero-order valence-electron chi connectivity index (χ0n) is 19.7. The van der Waals surface area contributed by atoms with Crippen molar-refractivity contribution in [3.63, 3.8) is 0 Å². The summed E-state index contributed by atoms with van der Waals surface area (Å²) in [6, 6.07) is 20.1. The minimum absolute atomic E-state index is 0.0525. The summed E-state index contributed by atoms with van der Waals surface area (Å²) in [6.45, 7) is 7.99. The van der Waals surface area contributed by atoms with Crippen LogP contribution in [0.2, 0.25) is 0 Å². The summed E-state index contributed by atoms with van der Waals surface area (Å²) in [6.07, 6.45) is 1.62. The molecule has 0 radical (unpaired) electrons. The molecule has 1 N–H and O–H groups in total. The molecule has 0 heterocycles. The van der Waals surface area contributed by atoms with E-state index in [2.05, 4.69) is 36.5 Å². The van der Waals surface area contributed by atoms with E-state index >= 15 is 0 Å². The zero-order valence-corrected chi connectivity index (χ0v) is 20.5. The lowest BCUT2D eigenvalue weighted by Crippen LogP contribution is -2.15. The molecule has 3 aromatic rings. The Balaban J connectivity index is 1.82. The van der Waals surface area contributed by atoms with Crippen LogP contribution in [0.1, 0.15) is 33.4 Å². The summed E-state index contributed by atoms with van der Waals surface area (Å²) in [5.41, 5.74) is 6.87. The highest BCUT2D eigenvalue weighted by Gasteiger charge is 2.14. The molecule has 4 nitrogen and oxygen atoms in total. The molecule has 0 atom stereocenters. The van der Waals surface area contributed by atoms with Crippen LogP contribution in [0.15, 0.2) is 65.1 Å². The second-order valence-electron chi connectivity index (χ2n) is 8.07. The van der Waals surface area contributed by atoms with Crippen LogP contribution in [0, 0.1) is 39.0 Å². The second-order valence-corrected chi connectivity index (χ2v) is 9.12. The van der Waals surface area contributed by atoms with Gasteiger partial charge in [0.25, 0.3) is 5.91 Å². The molecule has 0 aromatic heterocycles. The van der Waals surface area contributed by atoms with E-state index in [0.717, 1.165) is 39.3 Å². The molecule has 0 saturated heterocycles. The first-order chi connectivity index (χ1) is 15.8. The van der Waals surface area contributed by atoms with Gasteiger partial charge in [-0.3, -0.25) is 4.79 Å². The number of nitrogens with zero attached hydrogens (tertiary/aromatic N) is 1.